The number of fused-ring (bicyclic) bond motifs is 10. The average Bonchev–Trinajstić information content (AvgIpc) is 1.72. The van der Waals surface area contributed by atoms with E-state index in [1.54, 1.807) is 36.5 Å². The van der Waals surface area contributed by atoms with Gasteiger partial charge in [-0.3, -0.25) is 13.7 Å². The van der Waals surface area contributed by atoms with Crippen LogP contribution in [-0.4, -0.2) is 14.1 Å². The van der Waals surface area contributed by atoms with Gasteiger partial charge in [-0.1, -0.05) is 187 Å². The van der Waals surface area contributed by atoms with Gasteiger partial charge in [-0.05, 0) is 174 Å². The van der Waals surface area contributed by atoms with Gasteiger partial charge >= 0.3 is 0 Å². The number of imidazole rings is 1. The lowest BCUT2D eigenvalue weighted by Crippen LogP contribution is -2.32. The Bertz CT molecular complexity index is 5480. The second-order valence-electron chi connectivity index (χ2n) is 22.4. The molecule has 1 aliphatic heterocycles. The highest BCUT2D eigenvalue weighted by Gasteiger charge is 2.28. The molecule has 0 atom stereocenters. The maximum absolute atomic E-state index is 10.4. The topological polar surface area (TPSA) is 59.6 Å². The minimum absolute atomic E-state index is 0.159. The van der Waals surface area contributed by atoms with E-state index in [4.69, 9.17) is 20.7 Å². The van der Waals surface area contributed by atoms with Gasteiger partial charge in [-0.2, -0.15) is 5.26 Å². The Labute approximate surface area is 500 Å². The third kappa shape index (κ3) is 8.92. The predicted octanol–water partition coefficient (Wildman–Crippen LogP) is 19.1. The lowest BCUT2D eigenvalue weighted by molar-refractivity contribution is -0.570. The molecule has 1 aliphatic rings. The van der Waals surface area contributed by atoms with Gasteiger partial charge in [0.15, 0.2) is 0 Å². The Balaban J connectivity index is 1.04. The molecule has 0 saturated heterocycles. The Morgan fingerprint density at radius 1 is 0.561 bits per heavy atom. The van der Waals surface area contributed by atoms with E-state index in [1.165, 1.54) is 0 Å². The summed E-state index contributed by atoms with van der Waals surface area (Å²) < 4.78 is 151. The van der Waals surface area contributed by atoms with E-state index in [2.05, 4.69) is 57.4 Å². The van der Waals surface area contributed by atoms with E-state index < -0.39 is 113 Å². The molecule has 14 rings (SSSR count). The van der Waals surface area contributed by atoms with Gasteiger partial charge < -0.3 is 4.74 Å². The van der Waals surface area contributed by atoms with Crippen molar-refractivity contribution in [1.29, 1.82) is 5.26 Å². The summed E-state index contributed by atoms with van der Waals surface area (Å²) >= 11 is 0. The van der Waals surface area contributed by atoms with E-state index in [0.717, 1.165) is 49.7 Å². The van der Waals surface area contributed by atoms with E-state index >= 15 is 0 Å². The first kappa shape index (κ1) is 36.2. The van der Waals surface area contributed by atoms with Crippen molar-refractivity contribution in [2.75, 3.05) is 0 Å². The molecule has 4 heterocycles. The van der Waals surface area contributed by atoms with Crippen molar-refractivity contribution < 1.29 is 29.9 Å². The molecule has 13 aromatic rings. The number of nitrogens with zero attached hydrogens (tertiary/aromatic N) is 5. The van der Waals surface area contributed by atoms with Gasteiger partial charge in [-0.15, -0.1) is 0 Å². The fourth-order valence-electron chi connectivity index (χ4n) is 11.2. The lowest BCUT2D eigenvalue weighted by atomic mass is 9.81. The lowest BCUT2D eigenvalue weighted by Gasteiger charge is -2.24. The summed E-state index contributed by atoms with van der Waals surface area (Å²) in [6.07, 6.45) is 3.60. The largest absolute Gasteiger partial charge is 0.458 e. The summed E-state index contributed by atoms with van der Waals surface area (Å²) in [4.78, 5) is 4.78. The number of hydrogen-bond donors (Lipinski definition) is 0. The van der Waals surface area contributed by atoms with Crippen molar-refractivity contribution in [1.82, 2.24) is 14.1 Å². The van der Waals surface area contributed by atoms with Crippen LogP contribution in [0.4, 0.5) is 0 Å². The minimum Gasteiger partial charge on any atom is -0.458 e. The molecule has 0 spiro atoms. The van der Waals surface area contributed by atoms with Crippen molar-refractivity contribution in [2.24, 2.45) is 5.41 Å². The molecule has 0 saturated carbocycles. The zero-order valence-electron chi connectivity index (χ0n) is 60.7. The van der Waals surface area contributed by atoms with Crippen LogP contribution < -0.4 is 9.30 Å². The van der Waals surface area contributed by atoms with E-state index in [0.29, 0.717) is 61.9 Å². The normalized spacial score (nSPS) is 14.8. The molecule has 394 valence electrons. The number of ether oxygens (including phenoxy) is 1. The second-order valence-corrected chi connectivity index (χ2v) is 22.4. The molecule has 0 radical (unpaired) electrons. The Kier molecular flexibility index (Phi) is 8.67. The van der Waals surface area contributed by atoms with Crippen LogP contribution in [0.15, 0.2) is 236 Å². The smallest absolute Gasteiger partial charge is 0.269 e. The first-order chi connectivity index (χ1) is 46.0. The highest BCUT2D eigenvalue weighted by atomic mass is 16.5. The fourth-order valence-corrected chi connectivity index (χ4v) is 11.2. The highest BCUT2D eigenvalue weighted by Crippen LogP contribution is 2.47. The van der Waals surface area contributed by atoms with Crippen LogP contribution in [0, 0.1) is 23.1 Å². The molecule has 0 bridgehead atoms. The van der Waals surface area contributed by atoms with Crippen LogP contribution in [0.2, 0.25) is 0 Å². The van der Waals surface area contributed by atoms with E-state index in [9.17, 15) is 14.9 Å². The van der Waals surface area contributed by atoms with Crippen molar-refractivity contribution in [3.05, 3.63) is 259 Å². The summed E-state index contributed by atoms with van der Waals surface area (Å²) in [6, 6.07) is 40.3. The first-order valence-electron chi connectivity index (χ1n) is 34.4. The monoisotopic (exact) mass is 1070 g/mol. The summed E-state index contributed by atoms with van der Waals surface area (Å²) in [5, 5.41) is 11.6. The van der Waals surface area contributed by atoms with Gasteiger partial charge in [0.05, 0.1) is 62.9 Å². The molecule has 10 aromatic carbocycles. The number of rotatable bonds is 8. The molecule has 0 amide bonds. The fraction of sp³-hybridized carbons (Fsp3) is 0.118. The SMILES string of the molecule is [2H]c1c([2H])c([2H])c(-c2c([2H])c(-c3cccc4c3-[n+]3[c-]n(-c5cccc(Oc6ccc7c8cc(C#N)ccc8n(-c8cc(C([2H])([2H])C(C)(C)C)ccn8)c7c6)c5)c5cccc(c53)-c3ccccc3-c3ccc(C(C)(C)C)cc3-4)c([2H])c(-c3c([2H])c([2H])c([2H])c([2H])c3[2H])c2[2H])c([2H])c1[2H]. The van der Waals surface area contributed by atoms with Gasteiger partial charge in [0.2, 0.25) is 0 Å². The summed E-state index contributed by atoms with van der Waals surface area (Å²) in [6.45, 7) is 11.9. The summed E-state index contributed by atoms with van der Waals surface area (Å²) in [7, 11) is 0. The molecule has 0 unspecified atom stereocenters. The Morgan fingerprint density at radius 2 is 1.22 bits per heavy atom. The molecule has 0 aliphatic carbocycles. The zero-order chi connectivity index (χ0) is 69.0. The quantitative estimate of drug-likeness (QED) is 0.113. The number of benzene rings is 10. The maximum Gasteiger partial charge on any atom is 0.269 e. The van der Waals surface area contributed by atoms with Gasteiger partial charge in [-0.25, -0.2) is 4.98 Å². The molecule has 6 nitrogen and oxygen atoms in total. The van der Waals surface area contributed by atoms with E-state index in [-0.39, 0.29) is 16.5 Å². The number of nitriles is 1. The predicted molar refractivity (Wildman–Crippen MR) is 335 cm³/mol. The summed E-state index contributed by atoms with van der Waals surface area (Å²) in [5.41, 5.74) is 6.76. The molecular formula is C76H59N5O. The maximum atomic E-state index is 10.4. The molecule has 0 fully saturated rings. The van der Waals surface area contributed by atoms with Gasteiger partial charge in [0, 0.05) is 25.8 Å². The number of para-hydroxylation sites is 2. The average molecular weight is 1070 g/mol. The van der Waals surface area contributed by atoms with Gasteiger partial charge in [0.25, 0.3) is 6.33 Å². The molecule has 3 aromatic heterocycles. The Morgan fingerprint density at radius 3 is 1.95 bits per heavy atom. The molecule has 6 heteroatoms. The van der Waals surface area contributed by atoms with Crippen LogP contribution in [0.3, 0.4) is 0 Å². The zero-order valence-corrected chi connectivity index (χ0v) is 45.7. The third-order valence-corrected chi connectivity index (χ3v) is 14.8. The van der Waals surface area contributed by atoms with Crippen LogP contribution in [0.25, 0.3) is 117 Å². The van der Waals surface area contributed by atoms with E-state index in [1.807, 2.05) is 132 Å². The number of hydrogen-bond acceptors (Lipinski definition) is 3. The number of aromatic nitrogens is 4. The van der Waals surface area contributed by atoms with Crippen molar-refractivity contribution in [3.63, 3.8) is 0 Å². The molecule has 82 heavy (non-hydrogen) atoms. The van der Waals surface area contributed by atoms with Crippen molar-refractivity contribution in [3.8, 4) is 102 Å². The summed E-state index contributed by atoms with van der Waals surface area (Å²) in [5.74, 6) is 1.34. The third-order valence-electron chi connectivity index (χ3n) is 14.8. The van der Waals surface area contributed by atoms with Crippen molar-refractivity contribution >= 4 is 32.8 Å². The first-order valence-corrected chi connectivity index (χ1v) is 26.9. The highest BCUT2D eigenvalue weighted by molar-refractivity contribution is 6.10. The van der Waals surface area contributed by atoms with Crippen LogP contribution in [-0.2, 0) is 11.8 Å². The van der Waals surface area contributed by atoms with Crippen LogP contribution in [0.1, 0.15) is 78.8 Å². The standard InChI is InChI=1S/C76H59N5O/c1-75(2,3)46-49-36-37-78-72(39-49)81-69-35-30-50(47-77)38-68(69)64-34-32-59(45-71(64)81)82-58-23-15-22-57(44-58)79-48-80-73-60(55-41-53(51-18-9-7-10-19-51)40-54(42-55)52-20-11-8-12-21-52)26-16-27-66(73)67-43-56(76(4,5)6)31-33-63(67)61-24-13-14-25-62(61)65-28-17-29-70(79)74(65)80/h7-45H,46H2,1-6H3/i7D,8D,9D,10D,11D,12D,18D,19D,20D,21D,40D,41D,42D,46D2. The van der Waals surface area contributed by atoms with Crippen molar-refractivity contribution in [2.45, 2.75) is 53.3 Å². The second kappa shape index (κ2) is 19.6. The minimum atomic E-state index is -1.73. The molecule has 0 N–H and O–H groups in total. The Hall–Kier alpha value is -10.1. The van der Waals surface area contributed by atoms with Crippen LogP contribution in [0.5, 0.6) is 11.5 Å². The number of pyridine rings is 1. The molecular weight excluding hydrogens is 999 g/mol. The van der Waals surface area contributed by atoms with Crippen LogP contribution >= 0.6 is 0 Å². The van der Waals surface area contributed by atoms with Gasteiger partial charge in [0.1, 0.15) is 17.3 Å².